The van der Waals surface area contributed by atoms with E-state index < -0.39 is 11.2 Å². The molecule has 1 heterocycles. The van der Waals surface area contributed by atoms with Crippen molar-refractivity contribution in [2.45, 2.75) is 57.7 Å². The Balaban J connectivity index is 2.23. The molecule has 1 aliphatic rings. The Bertz CT molecular complexity index is 794. The molecule has 0 aromatic heterocycles. The summed E-state index contributed by atoms with van der Waals surface area (Å²) < 4.78 is 5.54. The molecule has 1 saturated heterocycles. The number of ether oxygens (including phenoxy) is 1. The molecule has 2 N–H and O–H groups in total. The van der Waals surface area contributed by atoms with Crippen molar-refractivity contribution in [2.24, 2.45) is 11.0 Å². The van der Waals surface area contributed by atoms with Crippen LogP contribution in [0.3, 0.4) is 0 Å². The lowest BCUT2D eigenvalue weighted by Gasteiger charge is -2.43. The minimum absolute atomic E-state index is 0.190. The quantitative estimate of drug-likeness (QED) is 0.355. The predicted molar refractivity (Wildman–Crippen MR) is 119 cm³/mol. The van der Waals surface area contributed by atoms with Gasteiger partial charge in [0, 0.05) is 31.1 Å². The summed E-state index contributed by atoms with van der Waals surface area (Å²) in [4.78, 5) is 24.9. The maximum atomic E-state index is 12.6. The first-order valence-electron chi connectivity index (χ1n) is 10.6. The first-order valence-corrected chi connectivity index (χ1v) is 11.0. The third-order valence-electron chi connectivity index (χ3n) is 5.42. The molecule has 1 aliphatic heterocycles. The van der Waals surface area contributed by atoms with Crippen LogP contribution < -0.4 is 5.43 Å². The second kappa shape index (κ2) is 11.0. The first kappa shape index (κ1) is 25.1. The van der Waals surface area contributed by atoms with Crippen LogP contribution in [0.1, 0.15) is 52.0 Å². The van der Waals surface area contributed by atoms with Crippen LogP contribution in [0.2, 0.25) is 5.02 Å². The topological polar surface area (TPSA) is 94.5 Å². The van der Waals surface area contributed by atoms with E-state index in [-0.39, 0.29) is 12.0 Å². The number of piperidine rings is 1. The average molecular weight is 453 g/mol. The zero-order valence-corrected chi connectivity index (χ0v) is 19.5. The SMILES string of the molecule is CNN(CCC[C@@](O)(c1cccc(Cl)c1)[C@@H]1CCCN(C(=O)OC(C)(C)C)C1)N=C=O. The Morgan fingerprint density at radius 1 is 1.45 bits per heavy atom. The van der Waals surface area contributed by atoms with Gasteiger partial charge in [0.25, 0.3) is 6.08 Å². The fraction of sp³-hybridized carbons (Fsp3) is 0.636. The van der Waals surface area contributed by atoms with Gasteiger partial charge < -0.3 is 14.7 Å². The third kappa shape index (κ3) is 7.21. The molecule has 0 unspecified atom stereocenters. The van der Waals surface area contributed by atoms with Gasteiger partial charge in [-0.1, -0.05) is 28.8 Å². The number of aliphatic hydroxyl groups is 1. The standard InChI is InChI=1S/C22H33ClN4O4/c1-21(2,3)31-20(29)26-12-6-9-18(15-26)22(30,17-8-5-10-19(23)14-17)11-7-13-27(24-4)25-16-28/h5,8,10,14,18,24,30H,6-7,9,11-13,15H2,1-4H3/t18-,22-/m1/s1. The lowest BCUT2D eigenvalue weighted by Crippen LogP contribution is -2.49. The number of hydrazone groups is 1. The highest BCUT2D eigenvalue weighted by Crippen LogP contribution is 2.40. The van der Waals surface area contributed by atoms with E-state index in [4.69, 9.17) is 16.3 Å². The van der Waals surface area contributed by atoms with Gasteiger partial charge in [-0.25, -0.2) is 20.1 Å². The molecular formula is C22H33ClN4O4. The van der Waals surface area contributed by atoms with Crippen LogP contribution in [0.25, 0.3) is 0 Å². The van der Waals surface area contributed by atoms with E-state index in [1.165, 1.54) is 11.2 Å². The van der Waals surface area contributed by atoms with Crippen LogP contribution in [0, 0.1) is 5.92 Å². The van der Waals surface area contributed by atoms with Gasteiger partial charge in [0.2, 0.25) is 0 Å². The van der Waals surface area contributed by atoms with Crippen LogP contribution in [0.15, 0.2) is 29.4 Å². The van der Waals surface area contributed by atoms with Gasteiger partial charge >= 0.3 is 6.09 Å². The van der Waals surface area contributed by atoms with Crippen molar-refractivity contribution in [3.63, 3.8) is 0 Å². The fourth-order valence-electron chi connectivity index (χ4n) is 3.96. The summed E-state index contributed by atoms with van der Waals surface area (Å²) in [7, 11) is 1.66. The molecule has 1 amide bonds. The lowest BCUT2D eigenvalue weighted by molar-refractivity contribution is -0.0648. The molecule has 1 aromatic rings. The molecule has 1 aromatic carbocycles. The minimum Gasteiger partial charge on any atom is -0.444 e. The van der Waals surface area contributed by atoms with Crippen LogP contribution in [-0.4, -0.2) is 59.6 Å². The van der Waals surface area contributed by atoms with Crippen molar-refractivity contribution in [2.75, 3.05) is 26.7 Å². The molecule has 172 valence electrons. The highest BCUT2D eigenvalue weighted by molar-refractivity contribution is 6.30. The number of isocyanates is 1. The normalized spacial score (nSPS) is 18.6. The molecule has 0 aliphatic carbocycles. The number of carbonyl (C=O) groups is 1. The second-order valence-corrected chi connectivity index (χ2v) is 9.28. The summed E-state index contributed by atoms with van der Waals surface area (Å²) in [6.45, 7) is 6.91. The van der Waals surface area contributed by atoms with E-state index in [1.54, 1.807) is 24.1 Å². The van der Waals surface area contributed by atoms with E-state index in [0.29, 0.717) is 43.1 Å². The van der Waals surface area contributed by atoms with E-state index >= 15 is 0 Å². The molecule has 8 nitrogen and oxygen atoms in total. The second-order valence-electron chi connectivity index (χ2n) is 8.84. The molecule has 2 atom stereocenters. The summed E-state index contributed by atoms with van der Waals surface area (Å²) in [6, 6.07) is 7.21. The Morgan fingerprint density at radius 2 is 2.19 bits per heavy atom. The Hall–Kier alpha value is -2.12. The maximum Gasteiger partial charge on any atom is 0.410 e. The van der Waals surface area contributed by atoms with Crippen molar-refractivity contribution >= 4 is 23.8 Å². The van der Waals surface area contributed by atoms with Crippen LogP contribution in [0.5, 0.6) is 0 Å². The summed E-state index contributed by atoms with van der Waals surface area (Å²) in [5, 5.41) is 17.4. The largest absolute Gasteiger partial charge is 0.444 e. The lowest BCUT2D eigenvalue weighted by atomic mass is 9.74. The number of hydrazine groups is 1. The van der Waals surface area contributed by atoms with Gasteiger partial charge in [-0.3, -0.25) is 0 Å². The van der Waals surface area contributed by atoms with E-state index in [1.807, 2.05) is 32.9 Å². The van der Waals surface area contributed by atoms with Crippen molar-refractivity contribution in [1.29, 1.82) is 0 Å². The number of halogens is 1. The first-order chi connectivity index (χ1) is 14.6. The molecule has 9 heteroatoms. The van der Waals surface area contributed by atoms with E-state index in [9.17, 15) is 14.7 Å². The average Bonchev–Trinajstić information content (AvgIpc) is 2.71. The number of nitrogens with zero attached hydrogens (tertiary/aromatic N) is 3. The van der Waals surface area contributed by atoms with Gasteiger partial charge in [-0.2, -0.15) is 0 Å². The van der Waals surface area contributed by atoms with Crippen molar-refractivity contribution < 1.29 is 19.4 Å². The Kier molecular flexibility index (Phi) is 8.89. The third-order valence-corrected chi connectivity index (χ3v) is 5.66. The molecule has 1 fully saturated rings. The highest BCUT2D eigenvalue weighted by Gasteiger charge is 2.42. The van der Waals surface area contributed by atoms with Crippen LogP contribution >= 0.6 is 11.6 Å². The smallest absolute Gasteiger partial charge is 0.410 e. The maximum absolute atomic E-state index is 12.6. The molecule has 0 radical (unpaired) electrons. The van der Waals surface area contributed by atoms with Crippen molar-refractivity contribution in [1.82, 2.24) is 15.4 Å². The number of nitrogens with one attached hydrogen (secondary N) is 1. The molecule has 0 spiro atoms. The summed E-state index contributed by atoms with van der Waals surface area (Å²) in [5.74, 6) is -0.190. The van der Waals surface area contributed by atoms with Crippen LogP contribution in [0.4, 0.5) is 4.79 Å². The summed E-state index contributed by atoms with van der Waals surface area (Å²) in [6.07, 6.45) is 3.64. The van der Waals surface area contributed by atoms with Gasteiger partial charge in [0.1, 0.15) is 5.60 Å². The van der Waals surface area contributed by atoms with Crippen LogP contribution in [-0.2, 0) is 15.1 Å². The minimum atomic E-state index is -1.20. The number of benzene rings is 1. The fourth-order valence-corrected chi connectivity index (χ4v) is 4.15. The Morgan fingerprint density at radius 3 is 2.81 bits per heavy atom. The number of likely N-dealkylation sites (tertiary alicyclic amines) is 1. The van der Waals surface area contributed by atoms with Gasteiger partial charge in [0.15, 0.2) is 0 Å². The molecule has 0 saturated carbocycles. The molecule has 31 heavy (non-hydrogen) atoms. The molecule has 2 rings (SSSR count). The number of amides is 1. The number of hydrogen-bond acceptors (Lipinski definition) is 7. The monoisotopic (exact) mass is 452 g/mol. The highest BCUT2D eigenvalue weighted by atomic mass is 35.5. The summed E-state index contributed by atoms with van der Waals surface area (Å²) in [5.41, 5.74) is 1.73. The number of hydrogen-bond donors (Lipinski definition) is 2. The van der Waals surface area contributed by atoms with Gasteiger partial charge in [-0.15, -0.1) is 0 Å². The van der Waals surface area contributed by atoms with E-state index in [0.717, 1.165) is 12.8 Å². The van der Waals surface area contributed by atoms with Gasteiger partial charge in [0.05, 0.1) is 12.1 Å². The number of carbonyl (C=O) groups excluding carboxylic acids is 2. The van der Waals surface area contributed by atoms with Crippen molar-refractivity contribution in [3.8, 4) is 0 Å². The number of rotatable bonds is 8. The molecular weight excluding hydrogens is 420 g/mol. The van der Waals surface area contributed by atoms with Gasteiger partial charge in [-0.05, 0) is 64.2 Å². The Labute approximate surface area is 189 Å². The summed E-state index contributed by atoms with van der Waals surface area (Å²) >= 11 is 6.22. The molecule has 0 bridgehead atoms. The zero-order valence-electron chi connectivity index (χ0n) is 18.7. The predicted octanol–water partition coefficient (Wildman–Crippen LogP) is 3.64. The van der Waals surface area contributed by atoms with E-state index in [2.05, 4.69) is 10.5 Å². The zero-order chi connectivity index (χ0) is 23.1. The van der Waals surface area contributed by atoms with Crippen molar-refractivity contribution in [3.05, 3.63) is 34.9 Å².